The number of carbonyl (C=O) groups excluding carboxylic acids is 2. The molecule has 17 heteroatoms. The van der Waals surface area contributed by atoms with Gasteiger partial charge in [-0.1, -0.05) is 30.3 Å². The maximum atomic E-state index is 12.0. The number of nitrogens with zero attached hydrogens (tertiary/aromatic N) is 5. The first-order valence-corrected chi connectivity index (χ1v) is 13.7. The van der Waals surface area contributed by atoms with Gasteiger partial charge in [-0.3, -0.25) is 14.1 Å². The van der Waals surface area contributed by atoms with E-state index in [9.17, 15) is 32.8 Å². The number of fused-ring (bicyclic) bond motifs is 1. The third kappa shape index (κ3) is 6.32. The van der Waals surface area contributed by atoms with Crippen molar-refractivity contribution in [2.45, 2.75) is 4.90 Å². The SMILES string of the molecule is NC(=O)c1ccccc1N=Nc1ccc2cc(S(=O)(=O)O)cc(Nc3nc(O)nc(Nc4ccccc4OC=O)n3)c2c1O. The molecule has 0 aliphatic carbocycles. The number of azo groups is 1. The molecule has 44 heavy (non-hydrogen) atoms. The zero-order valence-corrected chi connectivity index (χ0v) is 22.9. The topological polar surface area (TPSA) is 252 Å². The lowest BCUT2D eigenvalue weighted by Crippen LogP contribution is -2.10. The molecule has 0 saturated heterocycles. The minimum Gasteiger partial charge on any atom is -0.505 e. The van der Waals surface area contributed by atoms with Gasteiger partial charge in [-0.2, -0.15) is 23.4 Å². The largest absolute Gasteiger partial charge is 0.505 e. The second-order valence-corrected chi connectivity index (χ2v) is 10.2. The Bertz CT molecular complexity index is 2070. The standard InChI is InChI=1S/C27H20N8O8S/c28-24(38)16-5-1-2-6-17(16)34-35-19-10-9-14-11-15(44(40,41)42)12-20(22(14)23(19)37)30-26-31-25(32-27(39)33-26)29-18-7-3-4-8-21(18)43-13-36/h1-13,37H,(H2,28,38)(H,40,41,42)(H3,29,30,31,32,33,39). The van der Waals surface area contributed by atoms with Crippen molar-refractivity contribution in [2.75, 3.05) is 10.6 Å². The van der Waals surface area contributed by atoms with Gasteiger partial charge in [0.2, 0.25) is 11.9 Å². The van der Waals surface area contributed by atoms with Crippen LogP contribution in [-0.4, -0.2) is 50.5 Å². The van der Waals surface area contributed by atoms with E-state index >= 15 is 0 Å². The number of benzene rings is 4. The number of hydrogen-bond donors (Lipinski definition) is 6. The van der Waals surface area contributed by atoms with Gasteiger partial charge in [0.1, 0.15) is 5.69 Å². The van der Waals surface area contributed by atoms with E-state index in [1.807, 2.05) is 0 Å². The van der Waals surface area contributed by atoms with Crippen LogP contribution < -0.4 is 21.1 Å². The summed E-state index contributed by atoms with van der Waals surface area (Å²) in [5.41, 5.74) is 5.69. The van der Waals surface area contributed by atoms with Gasteiger partial charge in [0.25, 0.3) is 22.5 Å². The number of amides is 1. The number of rotatable bonds is 10. The summed E-state index contributed by atoms with van der Waals surface area (Å²) in [5, 5.41) is 35.1. The molecule has 5 rings (SSSR count). The number of hydrogen-bond acceptors (Lipinski definition) is 14. The molecule has 0 unspecified atom stereocenters. The van der Waals surface area contributed by atoms with Crippen molar-refractivity contribution in [3.05, 3.63) is 78.4 Å². The molecule has 0 spiro atoms. The molecule has 4 aromatic carbocycles. The first kappa shape index (κ1) is 29.3. The number of anilines is 4. The molecule has 0 saturated carbocycles. The monoisotopic (exact) mass is 616 g/mol. The van der Waals surface area contributed by atoms with Crippen LogP contribution in [0.25, 0.3) is 10.8 Å². The number of ether oxygens (including phenoxy) is 1. The lowest BCUT2D eigenvalue weighted by atomic mass is 10.1. The molecule has 0 fully saturated rings. The molecule has 0 atom stereocenters. The van der Waals surface area contributed by atoms with Crippen LogP contribution in [0.15, 0.2) is 87.9 Å². The predicted molar refractivity (Wildman–Crippen MR) is 156 cm³/mol. The normalized spacial score (nSPS) is 11.4. The molecule has 5 aromatic rings. The van der Waals surface area contributed by atoms with Crippen molar-refractivity contribution >= 4 is 67.9 Å². The summed E-state index contributed by atoms with van der Waals surface area (Å²) in [4.78, 5) is 33.8. The molecular weight excluding hydrogens is 596 g/mol. The van der Waals surface area contributed by atoms with Crippen molar-refractivity contribution < 1.29 is 37.5 Å². The van der Waals surface area contributed by atoms with Crippen molar-refractivity contribution in [3.8, 4) is 17.5 Å². The summed E-state index contributed by atoms with van der Waals surface area (Å²) in [5.74, 6) is -1.59. The van der Waals surface area contributed by atoms with Crippen molar-refractivity contribution in [2.24, 2.45) is 16.0 Å². The van der Waals surface area contributed by atoms with Gasteiger partial charge in [-0.05, 0) is 47.9 Å². The van der Waals surface area contributed by atoms with Crippen LogP contribution in [0.4, 0.5) is 34.6 Å². The summed E-state index contributed by atoms with van der Waals surface area (Å²) in [6.45, 7) is 0.225. The maximum absolute atomic E-state index is 12.0. The molecule has 0 aliphatic rings. The maximum Gasteiger partial charge on any atom is 0.320 e. The molecule has 1 heterocycles. The highest BCUT2D eigenvalue weighted by Crippen LogP contribution is 2.42. The Kier molecular flexibility index (Phi) is 7.96. The van der Waals surface area contributed by atoms with Crippen LogP contribution in [0, 0.1) is 0 Å². The number of aromatic hydroxyl groups is 2. The number of nitrogens with one attached hydrogen (secondary N) is 2. The molecule has 1 aromatic heterocycles. The Morgan fingerprint density at radius 2 is 1.52 bits per heavy atom. The first-order chi connectivity index (χ1) is 21.0. The molecule has 0 radical (unpaired) electrons. The Balaban J connectivity index is 1.59. The van der Waals surface area contributed by atoms with Gasteiger partial charge in [-0.25, -0.2) is 0 Å². The number of phenols is 1. The van der Waals surface area contributed by atoms with E-state index in [0.717, 1.165) is 12.1 Å². The molecule has 0 bridgehead atoms. The van der Waals surface area contributed by atoms with E-state index in [-0.39, 0.29) is 63.2 Å². The number of phenolic OH excluding ortho intramolecular Hbond substituents is 1. The van der Waals surface area contributed by atoms with Gasteiger partial charge in [0, 0.05) is 5.39 Å². The second-order valence-electron chi connectivity index (χ2n) is 8.80. The predicted octanol–water partition coefficient (Wildman–Crippen LogP) is 4.22. The van der Waals surface area contributed by atoms with Crippen LogP contribution in [0.1, 0.15) is 10.4 Å². The fourth-order valence-corrected chi connectivity index (χ4v) is 4.60. The zero-order valence-electron chi connectivity index (χ0n) is 22.1. The second kappa shape index (κ2) is 12.0. The minimum absolute atomic E-state index is 0.0103. The number of nitrogens with two attached hydrogens (primary N) is 1. The first-order valence-electron chi connectivity index (χ1n) is 12.3. The fourth-order valence-electron chi connectivity index (χ4n) is 4.06. The van der Waals surface area contributed by atoms with Crippen molar-refractivity contribution in [3.63, 3.8) is 0 Å². The Labute approximate surface area is 247 Å². The van der Waals surface area contributed by atoms with Crippen LogP contribution in [0.2, 0.25) is 0 Å². The number of aromatic nitrogens is 3. The van der Waals surface area contributed by atoms with E-state index in [1.165, 1.54) is 30.3 Å². The third-order valence-electron chi connectivity index (χ3n) is 5.95. The van der Waals surface area contributed by atoms with Gasteiger partial charge in [0.05, 0.1) is 27.5 Å². The number of primary amides is 1. The summed E-state index contributed by atoms with van der Waals surface area (Å²) in [6.07, 6.45) is 0. The quantitative estimate of drug-likeness (QED) is 0.0731. The van der Waals surface area contributed by atoms with Gasteiger partial charge < -0.3 is 31.3 Å². The Morgan fingerprint density at radius 1 is 0.864 bits per heavy atom. The zero-order chi connectivity index (χ0) is 31.4. The Hall–Kier alpha value is -6.20. The number of carbonyl (C=O) groups is 2. The molecule has 7 N–H and O–H groups in total. The van der Waals surface area contributed by atoms with E-state index < -0.39 is 32.7 Å². The van der Waals surface area contributed by atoms with Gasteiger partial charge in [-0.15, -0.1) is 10.2 Å². The average molecular weight is 617 g/mol. The highest BCUT2D eigenvalue weighted by atomic mass is 32.2. The lowest BCUT2D eigenvalue weighted by molar-refractivity contribution is -0.120. The van der Waals surface area contributed by atoms with E-state index in [0.29, 0.717) is 0 Å². The van der Waals surface area contributed by atoms with Crippen LogP contribution in [0.3, 0.4) is 0 Å². The molecule has 222 valence electrons. The molecule has 0 aliphatic heterocycles. The van der Waals surface area contributed by atoms with E-state index in [1.54, 1.807) is 30.3 Å². The van der Waals surface area contributed by atoms with Gasteiger partial charge in [0.15, 0.2) is 11.5 Å². The lowest BCUT2D eigenvalue weighted by Gasteiger charge is -2.14. The molecule has 16 nitrogen and oxygen atoms in total. The fraction of sp³-hybridized carbons (Fsp3) is 0. The van der Waals surface area contributed by atoms with Crippen LogP contribution in [-0.2, 0) is 14.9 Å². The third-order valence-corrected chi connectivity index (χ3v) is 6.79. The van der Waals surface area contributed by atoms with Gasteiger partial charge >= 0.3 is 6.01 Å². The van der Waals surface area contributed by atoms with Crippen molar-refractivity contribution in [1.82, 2.24) is 15.0 Å². The average Bonchev–Trinajstić information content (AvgIpc) is 2.97. The minimum atomic E-state index is -4.72. The highest BCUT2D eigenvalue weighted by Gasteiger charge is 2.19. The molecule has 1 amide bonds. The summed E-state index contributed by atoms with van der Waals surface area (Å²) >= 11 is 0. The Morgan fingerprint density at radius 3 is 2.23 bits per heavy atom. The smallest absolute Gasteiger partial charge is 0.320 e. The number of para-hydroxylation sites is 2. The summed E-state index contributed by atoms with van der Waals surface area (Å²) in [7, 11) is -4.72. The summed E-state index contributed by atoms with van der Waals surface area (Å²) in [6, 6.07) is 16.6. The summed E-state index contributed by atoms with van der Waals surface area (Å²) < 4.78 is 38.7. The van der Waals surface area contributed by atoms with Crippen LogP contribution in [0.5, 0.6) is 17.5 Å². The highest BCUT2D eigenvalue weighted by molar-refractivity contribution is 7.85. The molecular formula is C27H20N8O8S. The van der Waals surface area contributed by atoms with E-state index in [4.69, 9.17) is 10.5 Å². The van der Waals surface area contributed by atoms with Crippen LogP contribution >= 0.6 is 0 Å². The van der Waals surface area contributed by atoms with Crippen molar-refractivity contribution in [1.29, 1.82) is 0 Å². The van der Waals surface area contributed by atoms with E-state index in [2.05, 4.69) is 35.8 Å².